The maximum atomic E-state index is 13.1. The van der Waals surface area contributed by atoms with E-state index in [1.54, 1.807) is 0 Å². The van der Waals surface area contributed by atoms with Gasteiger partial charge >= 0.3 is 0 Å². The van der Waals surface area contributed by atoms with E-state index >= 15 is 0 Å². The first kappa shape index (κ1) is 20.4. The Kier molecular flexibility index (Phi) is 5.69. The van der Waals surface area contributed by atoms with Crippen molar-refractivity contribution in [1.82, 2.24) is 9.62 Å². The molecule has 5 nitrogen and oxygen atoms in total. The molecule has 2 fully saturated rings. The molecule has 1 amide bonds. The molecule has 1 aliphatic heterocycles. The van der Waals surface area contributed by atoms with E-state index in [1.165, 1.54) is 5.56 Å². The zero-order valence-electron chi connectivity index (χ0n) is 16.3. The number of benzene rings is 2. The first-order valence-electron chi connectivity index (χ1n) is 9.93. The fourth-order valence-electron chi connectivity index (χ4n) is 4.36. The first-order valence-corrected chi connectivity index (χ1v) is 12.2. The third-order valence-electron chi connectivity index (χ3n) is 5.72. The van der Waals surface area contributed by atoms with Crippen molar-refractivity contribution in [3.63, 3.8) is 0 Å². The monoisotopic (exact) mass is 432 g/mol. The number of halogens is 1. The van der Waals surface area contributed by atoms with Gasteiger partial charge < -0.3 is 4.90 Å². The second-order valence-electron chi connectivity index (χ2n) is 8.06. The molecular weight excluding hydrogens is 408 g/mol. The highest BCUT2D eigenvalue weighted by Crippen LogP contribution is 2.51. The summed E-state index contributed by atoms with van der Waals surface area (Å²) in [4.78, 5) is 14.9. The van der Waals surface area contributed by atoms with Crippen LogP contribution in [0.4, 0.5) is 0 Å². The number of hydrogen-bond donors (Lipinski definition) is 1. The molecule has 1 N–H and O–H groups in total. The second-order valence-corrected chi connectivity index (χ2v) is 10.3. The van der Waals surface area contributed by atoms with Crippen molar-refractivity contribution < 1.29 is 13.2 Å². The second kappa shape index (κ2) is 8.09. The Bertz CT molecular complexity index is 1020. The SMILES string of the molecule is CS(=O)(=O)NC1CCCN(C(=O)C2CC2c2ccccc2-c2cccc(Cl)c2)C1. The summed E-state index contributed by atoms with van der Waals surface area (Å²) in [6.07, 6.45) is 3.58. The van der Waals surface area contributed by atoms with Gasteiger partial charge in [-0.2, -0.15) is 0 Å². The summed E-state index contributed by atoms with van der Waals surface area (Å²) < 4.78 is 25.7. The molecule has 1 heterocycles. The van der Waals surface area contributed by atoms with Crippen LogP contribution in [0.25, 0.3) is 11.1 Å². The van der Waals surface area contributed by atoms with Crippen LogP contribution < -0.4 is 4.72 Å². The smallest absolute Gasteiger partial charge is 0.226 e. The molecular formula is C22H25ClN2O3S. The molecule has 0 aromatic heterocycles. The number of sulfonamides is 1. The summed E-state index contributed by atoms with van der Waals surface area (Å²) in [5, 5.41) is 0.693. The third-order valence-corrected chi connectivity index (χ3v) is 6.71. The average molecular weight is 433 g/mol. The molecule has 0 bridgehead atoms. The molecule has 3 unspecified atom stereocenters. The lowest BCUT2D eigenvalue weighted by Crippen LogP contribution is -2.49. The van der Waals surface area contributed by atoms with Crippen molar-refractivity contribution in [3.8, 4) is 11.1 Å². The van der Waals surface area contributed by atoms with E-state index in [2.05, 4.69) is 16.9 Å². The van der Waals surface area contributed by atoms with Crippen LogP contribution in [0.5, 0.6) is 0 Å². The van der Waals surface area contributed by atoms with E-state index in [4.69, 9.17) is 11.6 Å². The quantitative estimate of drug-likeness (QED) is 0.784. The molecule has 2 aromatic carbocycles. The number of nitrogens with one attached hydrogen (secondary N) is 1. The van der Waals surface area contributed by atoms with E-state index in [0.717, 1.165) is 36.6 Å². The largest absolute Gasteiger partial charge is 0.341 e. The van der Waals surface area contributed by atoms with Gasteiger partial charge in [0.2, 0.25) is 15.9 Å². The maximum absolute atomic E-state index is 13.1. The summed E-state index contributed by atoms with van der Waals surface area (Å²) in [6, 6.07) is 15.8. The van der Waals surface area contributed by atoms with E-state index in [0.29, 0.717) is 18.1 Å². The Morgan fingerprint density at radius 2 is 1.97 bits per heavy atom. The fraction of sp³-hybridized carbons (Fsp3) is 0.409. The maximum Gasteiger partial charge on any atom is 0.226 e. The number of amides is 1. The predicted octanol–water partition coefficient (Wildman–Crippen LogP) is 3.65. The summed E-state index contributed by atoms with van der Waals surface area (Å²) in [5.41, 5.74) is 3.35. The third kappa shape index (κ3) is 4.82. The standard InChI is InChI=1S/C22H25ClN2O3S/c1-29(27,28)24-17-8-5-11-25(14-17)22(26)21-13-20(21)19-10-3-2-9-18(19)15-6-4-7-16(23)12-15/h2-4,6-7,9-10,12,17,20-21,24H,5,8,11,13-14H2,1H3. The van der Waals surface area contributed by atoms with Gasteiger partial charge in [-0.25, -0.2) is 13.1 Å². The molecule has 4 rings (SSSR count). The molecule has 7 heteroatoms. The van der Waals surface area contributed by atoms with E-state index in [1.807, 2.05) is 41.3 Å². The van der Waals surface area contributed by atoms with Crippen molar-refractivity contribution in [2.24, 2.45) is 5.92 Å². The minimum Gasteiger partial charge on any atom is -0.341 e. The van der Waals surface area contributed by atoms with Crippen LogP contribution in [0.15, 0.2) is 48.5 Å². The van der Waals surface area contributed by atoms with Crippen molar-refractivity contribution in [1.29, 1.82) is 0 Å². The van der Waals surface area contributed by atoms with Crippen LogP contribution in [0.1, 0.15) is 30.7 Å². The number of carbonyl (C=O) groups is 1. The van der Waals surface area contributed by atoms with Crippen molar-refractivity contribution in [2.45, 2.75) is 31.2 Å². The van der Waals surface area contributed by atoms with Crippen LogP contribution in [-0.4, -0.2) is 44.6 Å². The van der Waals surface area contributed by atoms with Crippen LogP contribution in [-0.2, 0) is 14.8 Å². The molecule has 0 spiro atoms. The zero-order chi connectivity index (χ0) is 20.6. The Morgan fingerprint density at radius 3 is 2.72 bits per heavy atom. The average Bonchev–Trinajstić information content (AvgIpc) is 3.47. The lowest BCUT2D eigenvalue weighted by atomic mass is 9.95. The van der Waals surface area contributed by atoms with Crippen LogP contribution >= 0.6 is 11.6 Å². The van der Waals surface area contributed by atoms with Gasteiger partial charge in [0.25, 0.3) is 0 Å². The molecule has 1 aliphatic carbocycles. The van der Waals surface area contributed by atoms with Crippen molar-refractivity contribution in [3.05, 3.63) is 59.1 Å². The highest BCUT2D eigenvalue weighted by atomic mass is 35.5. The van der Waals surface area contributed by atoms with Crippen LogP contribution in [0, 0.1) is 5.92 Å². The molecule has 2 aliphatic rings. The van der Waals surface area contributed by atoms with Gasteiger partial charge in [-0.1, -0.05) is 48.0 Å². The number of rotatable bonds is 5. The normalized spacial score (nSPS) is 24.3. The molecule has 154 valence electrons. The topological polar surface area (TPSA) is 66.5 Å². The zero-order valence-corrected chi connectivity index (χ0v) is 17.9. The lowest BCUT2D eigenvalue weighted by molar-refractivity contribution is -0.133. The summed E-state index contributed by atoms with van der Waals surface area (Å²) >= 11 is 6.17. The molecule has 2 aromatic rings. The van der Waals surface area contributed by atoms with Crippen LogP contribution in [0.2, 0.25) is 5.02 Å². The van der Waals surface area contributed by atoms with Crippen molar-refractivity contribution >= 4 is 27.5 Å². The molecule has 29 heavy (non-hydrogen) atoms. The van der Waals surface area contributed by atoms with Crippen molar-refractivity contribution in [2.75, 3.05) is 19.3 Å². The molecule has 3 atom stereocenters. The van der Waals surface area contributed by atoms with Gasteiger partial charge in [-0.3, -0.25) is 4.79 Å². The summed E-state index contributed by atoms with van der Waals surface area (Å²) in [6.45, 7) is 1.14. The Labute approximate surface area is 177 Å². The molecule has 1 saturated heterocycles. The van der Waals surface area contributed by atoms with Crippen LogP contribution in [0.3, 0.4) is 0 Å². The Hall–Kier alpha value is -1.89. The van der Waals surface area contributed by atoms with E-state index in [9.17, 15) is 13.2 Å². The van der Waals surface area contributed by atoms with Gasteiger partial charge in [0.05, 0.1) is 6.26 Å². The van der Waals surface area contributed by atoms with E-state index < -0.39 is 10.0 Å². The molecule has 1 saturated carbocycles. The predicted molar refractivity (Wildman–Crippen MR) is 115 cm³/mol. The lowest BCUT2D eigenvalue weighted by Gasteiger charge is -2.33. The number of nitrogens with zero attached hydrogens (tertiary/aromatic N) is 1. The minimum absolute atomic E-state index is 0.0349. The van der Waals surface area contributed by atoms with Gasteiger partial charge in [0, 0.05) is 30.1 Å². The van der Waals surface area contributed by atoms with Gasteiger partial charge in [-0.15, -0.1) is 0 Å². The number of piperidine rings is 1. The Balaban J connectivity index is 1.48. The highest BCUT2D eigenvalue weighted by Gasteiger charge is 2.47. The first-order chi connectivity index (χ1) is 13.8. The van der Waals surface area contributed by atoms with Gasteiger partial charge in [0.15, 0.2) is 0 Å². The van der Waals surface area contributed by atoms with Gasteiger partial charge in [-0.05, 0) is 54.0 Å². The summed E-state index contributed by atoms with van der Waals surface area (Å²) in [5.74, 6) is 0.296. The fourth-order valence-corrected chi connectivity index (χ4v) is 5.35. The number of hydrogen-bond acceptors (Lipinski definition) is 3. The number of carbonyl (C=O) groups excluding carboxylic acids is 1. The van der Waals surface area contributed by atoms with Gasteiger partial charge in [0.1, 0.15) is 0 Å². The molecule has 0 radical (unpaired) electrons. The van der Waals surface area contributed by atoms with E-state index in [-0.39, 0.29) is 23.8 Å². The highest BCUT2D eigenvalue weighted by molar-refractivity contribution is 7.88. The Morgan fingerprint density at radius 1 is 1.17 bits per heavy atom. The number of likely N-dealkylation sites (tertiary alicyclic amines) is 1. The summed E-state index contributed by atoms with van der Waals surface area (Å²) in [7, 11) is -3.27. The minimum atomic E-state index is -3.27.